The lowest BCUT2D eigenvalue weighted by Gasteiger charge is -2.04. The summed E-state index contributed by atoms with van der Waals surface area (Å²) in [7, 11) is 1.76. The summed E-state index contributed by atoms with van der Waals surface area (Å²) in [5, 5.41) is 3.58. The average molecular weight is 380 g/mol. The Balaban J connectivity index is 1.89. The molecule has 0 aliphatic carbocycles. The lowest BCUT2D eigenvalue weighted by molar-refractivity contribution is 0.628. The summed E-state index contributed by atoms with van der Waals surface area (Å²) >= 11 is 5.99. The zero-order chi connectivity index (χ0) is 18.8. The first kappa shape index (κ1) is 17.2. The first-order valence-corrected chi connectivity index (χ1v) is 8.65. The van der Waals surface area contributed by atoms with Crippen molar-refractivity contribution in [2.75, 3.05) is 12.4 Å². The molecule has 0 bridgehead atoms. The predicted octanol–water partition coefficient (Wildman–Crippen LogP) is 5.03. The van der Waals surface area contributed by atoms with E-state index < -0.39 is 0 Å². The fourth-order valence-corrected chi connectivity index (χ4v) is 2.86. The molecule has 4 aromatic rings. The fourth-order valence-electron chi connectivity index (χ4n) is 2.74. The van der Waals surface area contributed by atoms with Crippen LogP contribution in [0.15, 0.2) is 60.8 Å². The minimum atomic E-state index is -0.298. The summed E-state index contributed by atoms with van der Waals surface area (Å²) in [6.07, 6.45) is 1.67. The maximum absolute atomic E-state index is 13.4. The third-order valence-electron chi connectivity index (χ3n) is 4.07. The van der Waals surface area contributed by atoms with Crippen LogP contribution in [0.25, 0.3) is 34.0 Å². The van der Waals surface area contributed by atoms with Gasteiger partial charge in [0, 0.05) is 29.4 Å². The van der Waals surface area contributed by atoms with E-state index in [0.717, 1.165) is 16.8 Å². The highest BCUT2D eigenvalue weighted by Gasteiger charge is 2.17. The molecule has 0 aliphatic rings. The predicted molar refractivity (Wildman–Crippen MR) is 105 cm³/mol. The minimum absolute atomic E-state index is 0.298. The SMILES string of the molecule is CNc1nccc(-c2[nH]c(-c3ccc(Cl)cc3)nc2-c2ccc(F)cc2)n1. The quantitative estimate of drug-likeness (QED) is 0.521. The Hall–Kier alpha value is -3.25. The number of benzene rings is 2. The summed E-state index contributed by atoms with van der Waals surface area (Å²) in [6.45, 7) is 0. The maximum Gasteiger partial charge on any atom is 0.222 e. The van der Waals surface area contributed by atoms with Crippen molar-refractivity contribution in [1.82, 2.24) is 19.9 Å². The van der Waals surface area contributed by atoms with Crippen molar-refractivity contribution < 1.29 is 4.39 Å². The normalized spacial score (nSPS) is 10.8. The Morgan fingerprint density at radius 1 is 0.926 bits per heavy atom. The molecule has 2 aromatic carbocycles. The number of halogens is 2. The molecule has 5 nitrogen and oxygen atoms in total. The van der Waals surface area contributed by atoms with Crippen molar-refractivity contribution in [2.24, 2.45) is 0 Å². The Labute approximate surface area is 160 Å². The molecule has 7 heteroatoms. The molecule has 4 rings (SSSR count). The van der Waals surface area contributed by atoms with Gasteiger partial charge in [0.2, 0.25) is 5.95 Å². The van der Waals surface area contributed by atoms with E-state index in [0.29, 0.717) is 28.2 Å². The second-order valence-corrected chi connectivity index (χ2v) is 6.27. The van der Waals surface area contributed by atoms with E-state index in [1.807, 2.05) is 12.1 Å². The molecular weight excluding hydrogens is 365 g/mol. The van der Waals surface area contributed by atoms with Crippen molar-refractivity contribution in [3.05, 3.63) is 71.6 Å². The molecule has 0 fully saturated rings. The Kier molecular flexibility index (Phi) is 4.56. The Bertz CT molecular complexity index is 1070. The summed E-state index contributed by atoms with van der Waals surface area (Å²) < 4.78 is 13.4. The van der Waals surface area contributed by atoms with Crippen molar-refractivity contribution in [3.8, 4) is 34.0 Å². The second-order valence-electron chi connectivity index (χ2n) is 5.84. The van der Waals surface area contributed by atoms with Gasteiger partial charge in [0.25, 0.3) is 0 Å². The first-order chi connectivity index (χ1) is 13.1. The number of hydrogen-bond donors (Lipinski definition) is 2. The number of nitrogens with one attached hydrogen (secondary N) is 2. The molecule has 0 spiro atoms. The van der Waals surface area contributed by atoms with Gasteiger partial charge < -0.3 is 10.3 Å². The lowest BCUT2D eigenvalue weighted by Crippen LogP contribution is -1.97. The first-order valence-electron chi connectivity index (χ1n) is 8.27. The van der Waals surface area contributed by atoms with E-state index in [1.54, 1.807) is 43.6 Å². The van der Waals surface area contributed by atoms with Crippen LogP contribution in [0.5, 0.6) is 0 Å². The van der Waals surface area contributed by atoms with Gasteiger partial charge in [-0.15, -0.1) is 0 Å². The van der Waals surface area contributed by atoms with Crippen LogP contribution in [0.1, 0.15) is 0 Å². The molecule has 0 saturated heterocycles. The van der Waals surface area contributed by atoms with Crippen LogP contribution < -0.4 is 5.32 Å². The second kappa shape index (κ2) is 7.17. The zero-order valence-corrected chi connectivity index (χ0v) is 15.1. The van der Waals surface area contributed by atoms with Crippen molar-refractivity contribution >= 4 is 17.5 Å². The van der Waals surface area contributed by atoms with Crippen LogP contribution in [0.4, 0.5) is 10.3 Å². The number of aromatic nitrogens is 4. The lowest BCUT2D eigenvalue weighted by atomic mass is 10.1. The highest BCUT2D eigenvalue weighted by molar-refractivity contribution is 6.30. The van der Waals surface area contributed by atoms with Gasteiger partial charge in [-0.05, 0) is 54.6 Å². The van der Waals surface area contributed by atoms with Gasteiger partial charge in [-0.25, -0.2) is 19.3 Å². The summed E-state index contributed by atoms with van der Waals surface area (Å²) in [6, 6.07) is 15.4. The number of H-pyrrole nitrogens is 1. The third kappa shape index (κ3) is 3.52. The fraction of sp³-hybridized carbons (Fsp3) is 0.0500. The highest BCUT2D eigenvalue weighted by Crippen LogP contribution is 2.32. The molecule has 2 aromatic heterocycles. The highest BCUT2D eigenvalue weighted by atomic mass is 35.5. The molecule has 2 heterocycles. The van der Waals surface area contributed by atoms with Crippen molar-refractivity contribution in [2.45, 2.75) is 0 Å². The average Bonchev–Trinajstić information content (AvgIpc) is 3.14. The molecule has 0 amide bonds. The summed E-state index contributed by atoms with van der Waals surface area (Å²) in [5.41, 5.74) is 3.76. The van der Waals surface area contributed by atoms with E-state index in [2.05, 4.69) is 20.3 Å². The largest absolute Gasteiger partial charge is 0.357 e. The topological polar surface area (TPSA) is 66.5 Å². The van der Waals surface area contributed by atoms with E-state index in [1.165, 1.54) is 12.1 Å². The Morgan fingerprint density at radius 2 is 1.63 bits per heavy atom. The zero-order valence-electron chi connectivity index (χ0n) is 14.4. The number of rotatable bonds is 4. The third-order valence-corrected chi connectivity index (χ3v) is 4.33. The van der Waals surface area contributed by atoms with Gasteiger partial charge in [0.1, 0.15) is 11.6 Å². The molecule has 2 N–H and O–H groups in total. The van der Waals surface area contributed by atoms with Crippen LogP contribution in [-0.4, -0.2) is 27.0 Å². The molecule has 0 aliphatic heterocycles. The van der Waals surface area contributed by atoms with Crippen molar-refractivity contribution in [3.63, 3.8) is 0 Å². The monoisotopic (exact) mass is 379 g/mol. The van der Waals surface area contributed by atoms with Gasteiger partial charge in [-0.1, -0.05) is 11.6 Å². The van der Waals surface area contributed by atoms with Crippen LogP contribution in [-0.2, 0) is 0 Å². The molecule has 0 radical (unpaired) electrons. The number of anilines is 1. The number of aromatic amines is 1. The summed E-state index contributed by atoms with van der Waals surface area (Å²) in [4.78, 5) is 16.7. The molecule has 27 heavy (non-hydrogen) atoms. The van der Waals surface area contributed by atoms with E-state index in [4.69, 9.17) is 16.6 Å². The van der Waals surface area contributed by atoms with Gasteiger partial charge >= 0.3 is 0 Å². The van der Waals surface area contributed by atoms with Gasteiger partial charge in [-0.2, -0.15) is 0 Å². The van der Waals surface area contributed by atoms with E-state index in [-0.39, 0.29) is 5.82 Å². The summed E-state index contributed by atoms with van der Waals surface area (Å²) in [5.74, 6) is 0.874. The van der Waals surface area contributed by atoms with Crippen LogP contribution in [0.2, 0.25) is 5.02 Å². The molecule has 0 atom stereocenters. The van der Waals surface area contributed by atoms with Crippen LogP contribution in [0, 0.1) is 5.82 Å². The molecule has 0 saturated carbocycles. The smallest absolute Gasteiger partial charge is 0.222 e. The maximum atomic E-state index is 13.4. The molecular formula is C20H15ClFN5. The number of hydrogen-bond acceptors (Lipinski definition) is 4. The van der Waals surface area contributed by atoms with Crippen LogP contribution in [0.3, 0.4) is 0 Å². The minimum Gasteiger partial charge on any atom is -0.357 e. The van der Waals surface area contributed by atoms with Gasteiger partial charge in [0.15, 0.2) is 0 Å². The van der Waals surface area contributed by atoms with Gasteiger partial charge in [-0.3, -0.25) is 0 Å². The van der Waals surface area contributed by atoms with E-state index >= 15 is 0 Å². The number of imidazole rings is 1. The standard InChI is InChI=1S/C20H15ClFN5/c1-23-20-24-11-10-16(25-20)18-17(12-4-8-15(22)9-5-12)26-19(27-18)13-2-6-14(21)7-3-13/h2-11H,1H3,(H,26,27)(H,23,24,25). The van der Waals surface area contributed by atoms with Gasteiger partial charge in [0.05, 0.1) is 17.1 Å². The van der Waals surface area contributed by atoms with Crippen LogP contribution >= 0.6 is 11.6 Å². The van der Waals surface area contributed by atoms with E-state index in [9.17, 15) is 4.39 Å². The molecule has 0 unspecified atom stereocenters. The molecule has 134 valence electrons. The van der Waals surface area contributed by atoms with Crippen molar-refractivity contribution in [1.29, 1.82) is 0 Å². The Morgan fingerprint density at radius 3 is 2.33 bits per heavy atom. The number of nitrogens with zero attached hydrogens (tertiary/aromatic N) is 3.